The Balaban J connectivity index is 2.14. The van der Waals surface area contributed by atoms with Gasteiger partial charge in [-0.1, -0.05) is 18.7 Å². The molecule has 0 aliphatic carbocycles. The largest absolute Gasteiger partial charge is 0.416 e. The molecule has 6 nitrogen and oxygen atoms in total. The van der Waals surface area contributed by atoms with Gasteiger partial charge in [0.15, 0.2) is 5.65 Å². The zero-order valence-corrected chi connectivity index (χ0v) is 14.9. The Hall–Kier alpha value is -3.20. The molecule has 9 heteroatoms. The van der Waals surface area contributed by atoms with Crippen molar-refractivity contribution < 1.29 is 23.1 Å². The third kappa shape index (κ3) is 3.61. The van der Waals surface area contributed by atoms with Crippen molar-refractivity contribution in [3.05, 3.63) is 66.8 Å². The van der Waals surface area contributed by atoms with Crippen molar-refractivity contribution in [2.45, 2.75) is 18.6 Å². The number of carbonyl (C=O) groups excluding carboxylic acids is 1. The lowest BCUT2D eigenvalue weighted by Crippen LogP contribution is -2.46. The monoisotopic (exact) mass is 390 g/mol. The second-order valence-corrected chi connectivity index (χ2v) is 6.39. The SMILES string of the molecule is C=CC(=O)NC(C)(CO)c1cn2ccnc2c(-c2ccc(C(F)(F)F)cc2)n1. The number of carbonyl (C=O) groups is 1. The highest BCUT2D eigenvalue weighted by Crippen LogP contribution is 2.32. The average molecular weight is 390 g/mol. The highest BCUT2D eigenvalue weighted by Gasteiger charge is 2.32. The first-order chi connectivity index (χ1) is 13.2. The topological polar surface area (TPSA) is 79.5 Å². The molecule has 1 aromatic carbocycles. The van der Waals surface area contributed by atoms with Crippen molar-refractivity contribution in [1.29, 1.82) is 0 Å². The van der Waals surface area contributed by atoms with E-state index >= 15 is 0 Å². The molecule has 3 aromatic rings. The number of aliphatic hydroxyl groups is 1. The van der Waals surface area contributed by atoms with E-state index < -0.39 is 29.8 Å². The fraction of sp³-hybridized carbons (Fsp3) is 0.211. The van der Waals surface area contributed by atoms with Gasteiger partial charge in [-0.25, -0.2) is 9.97 Å². The summed E-state index contributed by atoms with van der Waals surface area (Å²) in [4.78, 5) is 20.5. The molecule has 1 amide bonds. The van der Waals surface area contributed by atoms with Crippen molar-refractivity contribution >= 4 is 11.6 Å². The second-order valence-electron chi connectivity index (χ2n) is 6.39. The molecule has 2 aromatic heterocycles. The fourth-order valence-electron chi connectivity index (χ4n) is 2.72. The zero-order chi connectivity index (χ0) is 20.5. The second kappa shape index (κ2) is 7.08. The van der Waals surface area contributed by atoms with E-state index in [1.807, 2.05) is 0 Å². The van der Waals surface area contributed by atoms with Gasteiger partial charge >= 0.3 is 6.18 Å². The van der Waals surface area contributed by atoms with Crippen LogP contribution in [0.5, 0.6) is 0 Å². The third-order valence-electron chi connectivity index (χ3n) is 4.33. The van der Waals surface area contributed by atoms with Crippen molar-refractivity contribution in [2.75, 3.05) is 6.61 Å². The minimum Gasteiger partial charge on any atom is -0.394 e. The van der Waals surface area contributed by atoms with E-state index in [1.54, 1.807) is 23.7 Å². The van der Waals surface area contributed by atoms with Gasteiger partial charge in [0.1, 0.15) is 11.2 Å². The van der Waals surface area contributed by atoms with E-state index in [9.17, 15) is 23.1 Å². The smallest absolute Gasteiger partial charge is 0.394 e. The number of aromatic nitrogens is 3. The van der Waals surface area contributed by atoms with Crippen LogP contribution < -0.4 is 5.32 Å². The Morgan fingerprint density at radius 1 is 1.32 bits per heavy atom. The summed E-state index contributed by atoms with van der Waals surface area (Å²) < 4.78 is 40.1. The van der Waals surface area contributed by atoms with Gasteiger partial charge in [-0.3, -0.25) is 4.79 Å². The van der Waals surface area contributed by atoms with E-state index in [0.717, 1.165) is 18.2 Å². The maximum absolute atomic E-state index is 12.8. The van der Waals surface area contributed by atoms with E-state index in [-0.39, 0.29) is 0 Å². The Kier molecular flexibility index (Phi) is 4.95. The van der Waals surface area contributed by atoms with E-state index in [4.69, 9.17) is 0 Å². The highest BCUT2D eigenvalue weighted by atomic mass is 19.4. The number of rotatable bonds is 5. The summed E-state index contributed by atoms with van der Waals surface area (Å²) >= 11 is 0. The number of hydrogen-bond acceptors (Lipinski definition) is 4. The Labute approximate surface area is 158 Å². The standard InChI is InChI=1S/C19H17F3N4O2/c1-3-15(28)25-18(2,11-27)14-10-26-9-8-23-17(26)16(24-14)12-4-6-13(7-5-12)19(20,21)22/h3-10,27H,1,11H2,2H3,(H,25,28). The summed E-state index contributed by atoms with van der Waals surface area (Å²) in [6.07, 6.45) is 1.38. The molecule has 0 bridgehead atoms. The molecule has 2 heterocycles. The maximum atomic E-state index is 12.8. The normalized spacial score (nSPS) is 13.9. The van der Waals surface area contributed by atoms with E-state index in [2.05, 4.69) is 21.9 Å². The molecule has 1 unspecified atom stereocenters. The van der Waals surface area contributed by atoms with Crippen LogP contribution >= 0.6 is 0 Å². The average Bonchev–Trinajstić information content (AvgIpc) is 3.15. The van der Waals surface area contributed by atoms with Crippen LogP contribution in [0.15, 0.2) is 55.5 Å². The molecule has 0 saturated heterocycles. The van der Waals surface area contributed by atoms with Crippen molar-refractivity contribution in [2.24, 2.45) is 0 Å². The number of hydrogen-bond donors (Lipinski definition) is 2. The Morgan fingerprint density at radius 2 is 2.00 bits per heavy atom. The molecule has 28 heavy (non-hydrogen) atoms. The lowest BCUT2D eigenvalue weighted by atomic mass is 9.98. The van der Waals surface area contributed by atoms with Crippen molar-refractivity contribution in [3.63, 3.8) is 0 Å². The van der Waals surface area contributed by atoms with Gasteiger partial charge in [-0.05, 0) is 25.1 Å². The first-order valence-electron chi connectivity index (χ1n) is 8.25. The van der Waals surface area contributed by atoms with Gasteiger partial charge in [-0.15, -0.1) is 0 Å². The number of nitrogens with one attached hydrogen (secondary N) is 1. The number of benzene rings is 1. The van der Waals surface area contributed by atoms with Crippen LogP contribution in [0.4, 0.5) is 13.2 Å². The lowest BCUT2D eigenvalue weighted by molar-refractivity contribution is -0.137. The quantitative estimate of drug-likeness (QED) is 0.657. The van der Waals surface area contributed by atoms with Gasteiger partial charge in [0.25, 0.3) is 0 Å². The first-order valence-corrected chi connectivity index (χ1v) is 8.25. The van der Waals surface area contributed by atoms with Crippen molar-refractivity contribution in [3.8, 4) is 11.3 Å². The van der Waals surface area contributed by atoms with Crippen LogP contribution in [0.3, 0.4) is 0 Å². The minimum atomic E-state index is -4.44. The molecule has 2 N–H and O–H groups in total. The highest BCUT2D eigenvalue weighted by molar-refractivity contribution is 5.87. The molecule has 0 aliphatic rings. The number of nitrogens with zero attached hydrogens (tertiary/aromatic N) is 3. The molecular formula is C19H17F3N4O2. The van der Waals surface area contributed by atoms with Crippen LogP contribution in [0.2, 0.25) is 0 Å². The Bertz CT molecular complexity index is 1030. The van der Waals surface area contributed by atoms with Crippen LogP contribution in [0, 0.1) is 0 Å². The number of alkyl halides is 3. The molecule has 0 saturated carbocycles. The maximum Gasteiger partial charge on any atom is 0.416 e. The summed E-state index contributed by atoms with van der Waals surface area (Å²) in [5.41, 5.74) is -0.524. The molecular weight excluding hydrogens is 373 g/mol. The number of amides is 1. The van der Waals surface area contributed by atoms with Gasteiger partial charge < -0.3 is 14.8 Å². The first kappa shape index (κ1) is 19.6. The van der Waals surface area contributed by atoms with E-state index in [0.29, 0.717) is 22.6 Å². The molecule has 0 radical (unpaired) electrons. The van der Waals surface area contributed by atoms with Gasteiger partial charge in [0.05, 0.1) is 17.9 Å². The van der Waals surface area contributed by atoms with Crippen LogP contribution in [0.25, 0.3) is 16.9 Å². The number of halogens is 3. The Morgan fingerprint density at radius 3 is 2.57 bits per heavy atom. The summed E-state index contributed by atoms with van der Waals surface area (Å²) in [6.45, 7) is 4.51. The molecule has 0 aliphatic heterocycles. The fourth-order valence-corrected chi connectivity index (χ4v) is 2.72. The van der Waals surface area contributed by atoms with Crippen LogP contribution in [-0.2, 0) is 16.5 Å². The minimum absolute atomic E-state index is 0.311. The van der Waals surface area contributed by atoms with Gasteiger partial charge in [0.2, 0.25) is 5.91 Å². The molecule has 1 atom stereocenters. The predicted octanol–water partition coefficient (Wildman–Crippen LogP) is 2.92. The molecule has 0 spiro atoms. The van der Waals surface area contributed by atoms with Crippen LogP contribution in [-0.4, -0.2) is 32.0 Å². The molecule has 146 valence electrons. The van der Waals surface area contributed by atoms with Crippen LogP contribution in [0.1, 0.15) is 18.2 Å². The summed E-state index contributed by atoms with van der Waals surface area (Å²) in [5, 5.41) is 12.5. The summed E-state index contributed by atoms with van der Waals surface area (Å²) in [7, 11) is 0. The zero-order valence-electron chi connectivity index (χ0n) is 14.9. The third-order valence-corrected chi connectivity index (χ3v) is 4.33. The van der Waals surface area contributed by atoms with E-state index in [1.165, 1.54) is 18.3 Å². The number of imidazole rings is 1. The number of aliphatic hydroxyl groups excluding tert-OH is 1. The lowest BCUT2D eigenvalue weighted by Gasteiger charge is -2.28. The number of fused-ring (bicyclic) bond motifs is 1. The molecule has 0 fully saturated rings. The predicted molar refractivity (Wildman–Crippen MR) is 96.2 cm³/mol. The summed E-state index contributed by atoms with van der Waals surface area (Å²) in [5.74, 6) is -0.500. The van der Waals surface area contributed by atoms with Gasteiger partial charge in [-0.2, -0.15) is 13.2 Å². The van der Waals surface area contributed by atoms with Crippen molar-refractivity contribution in [1.82, 2.24) is 19.7 Å². The molecule has 3 rings (SSSR count). The van der Waals surface area contributed by atoms with Gasteiger partial charge in [0, 0.05) is 24.2 Å². The summed E-state index contributed by atoms with van der Waals surface area (Å²) in [6, 6.07) is 4.55.